The number of nitrogens with zero attached hydrogens (tertiary/aromatic N) is 2. The lowest BCUT2D eigenvalue weighted by atomic mass is 10.1. The number of carbonyl (C=O) groups is 2. The van der Waals surface area contributed by atoms with Gasteiger partial charge in [0.2, 0.25) is 0 Å². The summed E-state index contributed by atoms with van der Waals surface area (Å²) in [5, 5.41) is 15.2. The number of carbonyl (C=O) groups excluding carboxylic acids is 2. The molecule has 0 spiro atoms. The van der Waals surface area contributed by atoms with Gasteiger partial charge in [0.1, 0.15) is 18.4 Å². The fourth-order valence-corrected chi connectivity index (χ4v) is 3.83. The van der Waals surface area contributed by atoms with Gasteiger partial charge < -0.3 is 14.6 Å². The summed E-state index contributed by atoms with van der Waals surface area (Å²) in [4.78, 5) is 30.3. The Morgan fingerprint density at radius 3 is 2.18 bits per heavy atom. The van der Waals surface area contributed by atoms with Gasteiger partial charge in [-0.2, -0.15) is 5.01 Å². The number of aryl methyl sites for hydroxylation is 2. The van der Waals surface area contributed by atoms with E-state index in [1.165, 1.54) is 5.01 Å². The molecule has 9 heteroatoms. The van der Waals surface area contributed by atoms with Crippen molar-refractivity contribution in [2.24, 2.45) is 0 Å². The Bertz CT molecular complexity index is 1180. The molecule has 0 fully saturated rings. The summed E-state index contributed by atoms with van der Waals surface area (Å²) in [6.45, 7) is 7.15. The van der Waals surface area contributed by atoms with Crippen LogP contribution in [-0.4, -0.2) is 45.5 Å². The predicted molar refractivity (Wildman–Crippen MR) is 148 cm³/mol. The van der Waals surface area contributed by atoms with Gasteiger partial charge in [-0.25, -0.2) is 9.59 Å². The molecule has 0 saturated heterocycles. The van der Waals surface area contributed by atoms with E-state index in [4.69, 9.17) is 9.47 Å². The quantitative estimate of drug-likeness (QED) is 0.233. The summed E-state index contributed by atoms with van der Waals surface area (Å²) < 4.78 is 10.9. The van der Waals surface area contributed by atoms with Crippen LogP contribution in [0.5, 0.6) is 0 Å². The molecule has 2 aromatic carbocycles. The summed E-state index contributed by atoms with van der Waals surface area (Å²) in [7, 11) is 0. The maximum absolute atomic E-state index is 12.9. The average Bonchev–Trinajstić information content (AvgIpc) is 2.89. The Balaban J connectivity index is 1.81. The zero-order valence-corrected chi connectivity index (χ0v) is 23.0. The number of aromatic nitrogens is 1. The third kappa shape index (κ3) is 10.7. The standard InChI is InChI=1S/C30H38N4O5/c1-22-12-11-17-26(31-22)27(32-28(36)38-21-24-15-9-6-10-16-24)34(33-29(37)39-30(2,3)4)20-25(35)19-18-23-13-7-5-8-14-23/h5-17,25,27,35H,18-21H2,1-4H3,(H,32,36)(H,33,37)/t25-,27?/m0/s1. The average molecular weight is 535 g/mol. The first-order valence-corrected chi connectivity index (χ1v) is 13.0. The van der Waals surface area contributed by atoms with E-state index in [-0.39, 0.29) is 13.2 Å². The van der Waals surface area contributed by atoms with Gasteiger partial charge >= 0.3 is 12.2 Å². The number of aliphatic hydroxyl groups excluding tert-OH is 1. The highest BCUT2D eigenvalue weighted by Crippen LogP contribution is 2.18. The van der Waals surface area contributed by atoms with E-state index in [9.17, 15) is 14.7 Å². The molecule has 1 heterocycles. The van der Waals surface area contributed by atoms with Crippen LogP contribution < -0.4 is 10.7 Å². The van der Waals surface area contributed by atoms with E-state index in [1.807, 2.05) is 73.7 Å². The van der Waals surface area contributed by atoms with Gasteiger partial charge in [0, 0.05) is 12.2 Å². The minimum Gasteiger partial charge on any atom is -0.445 e. The maximum atomic E-state index is 12.9. The number of hydrogen-bond acceptors (Lipinski definition) is 7. The third-order valence-corrected chi connectivity index (χ3v) is 5.62. The minimum atomic E-state index is -0.952. The Morgan fingerprint density at radius 1 is 0.923 bits per heavy atom. The number of alkyl carbamates (subject to hydrolysis) is 1. The number of hydrazine groups is 1. The molecule has 39 heavy (non-hydrogen) atoms. The molecule has 3 rings (SSSR count). The van der Waals surface area contributed by atoms with Crippen LogP contribution in [0.1, 0.15) is 55.9 Å². The van der Waals surface area contributed by atoms with Crippen molar-refractivity contribution in [3.63, 3.8) is 0 Å². The third-order valence-electron chi connectivity index (χ3n) is 5.62. The van der Waals surface area contributed by atoms with Gasteiger partial charge in [0.05, 0.1) is 11.8 Å². The van der Waals surface area contributed by atoms with Crippen molar-refractivity contribution in [1.82, 2.24) is 20.7 Å². The summed E-state index contributed by atoms with van der Waals surface area (Å²) in [5.41, 5.74) is 5.05. The molecule has 0 aliphatic rings. The molecule has 1 aromatic heterocycles. The SMILES string of the molecule is Cc1cccc(C(NC(=O)OCc2ccccc2)N(C[C@@H](O)CCc2ccccc2)NC(=O)OC(C)(C)C)n1. The first-order valence-electron chi connectivity index (χ1n) is 13.0. The second-order valence-corrected chi connectivity index (χ2v) is 10.3. The number of aliphatic hydroxyl groups is 1. The fraction of sp³-hybridized carbons (Fsp3) is 0.367. The minimum absolute atomic E-state index is 0.00860. The molecule has 0 radical (unpaired) electrons. The summed E-state index contributed by atoms with van der Waals surface area (Å²) in [5.74, 6) is 0. The van der Waals surface area contributed by atoms with Crippen molar-refractivity contribution < 1.29 is 24.2 Å². The van der Waals surface area contributed by atoms with Crippen LogP contribution in [0, 0.1) is 6.92 Å². The number of hydrogen-bond donors (Lipinski definition) is 3. The lowest BCUT2D eigenvalue weighted by molar-refractivity contribution is -0.000130. The maximum Gasteiger partial charge on any atom is 0.422 e. The molecule has 0 bridgehead atoms. The second kappa shape index (κ2) is 14.3. The van der Waals surface area contributed by atoms with E-state index in [0.29, 0.717) is 18.5 Å². The fourth-order valence-electron chi connectivity index (χ4n) is 3.83. The number of nitrogens with one attached hydrogen (secondary N) is 2. The van der Waals surface area contributed by atoms with E-state index in [2.05, 4.69) is 15.7 Å². The van der Waals surface area contributed by atoms with Crippen molar-refractivity contribution in [2.45, 2.75) is 65.0 Å². The van der Waals surface area contributed by atoms with Crippen LogP contribution >= 0.6 is 0 Å². The number of amides is 2. The molecular weight excluding hydrogens is 496 g/mol. The van der Waals surface area contributed by atoms with E-state index >= 15 is 0 Å². The highest BCUT2D eigenvalue weighted by atomic mass is 16.6. The molecular formula is C30H38N4O5. The van der Waals surface area contributed by atoms with Crippen molar-refractivity contribution in [3.05, 3.63) is 101 Å². The number of pyridine rings is 1. The highest BCUT2D eigenvalue weighted by Gasteiger charge is 2.29. The second-order valence-electron chi connectivity index (χ2n) is 10.3. The van der Waals surface area contributed by atoms with E-state index in [1.54, 1.807) is 32.9 Å². The number of rotatable bonds is 11. The highest BCUT2D eigenvalue weighted by molar-refractivity contribution is 5.69. The smallest absolute Gasteiger partial charge is 0.422 e. The molecule has 9 nitrogen and oxygen atoms in total. The van der Waals surface area contributed by atoms with Crippen molar-refractivity contribution in [2.75, 3.05) is 6.54 Å². The molecule has 3 N–H and O–H groups in total. The zero-order chi connectivity index (χ0) is 28.3. The van der Waals surface area contributed by atoms with Gasteiger partial charge in [-0.15, -0.1) is 0 Å². The lowest BCUT2D eigenvalue weighted by Gasteiger charge is -2.34. The van der Waals surface area contributed by atoms with Gasteiger partial charge in [0.15, 0.2) is 0 Å². The summed E-state index contributed by atoms with van der Waals surface area (Å²) >= 11 is 0. The monoisotopic (exact) mass is 534 g/mol. The van der Waals surface area contributed by atoms with Gasteiger partial charge in [0.25, 0.3) is 0 Å². The van der Waals surface area contributed by atoms with E-state index in [0.717, 1.165) is 16.8 Å². The van der Waals surface area contributed by atoms with Gasteiger partial charge in [-0.1, -0.05) is 66.7 Å². The van der Waals surface area contributed by atoms with E-state index < -0.39 is 30.1 Å². The Morgan fingerprint density at radius 2 is 1.56 bits per heavy atom. The van der Waals surface area contributed by atoms with Crippen molar-refractivity contribution in [1.29, 1.82) is 0 Å². The molecule has 0 aliphatic heterocycles. The summed E-state index contributed by atoms with van der Waals surface area (Å²) in [6, 6.07) is 24.5. The molecule has 0 saturated carbocycles. The van der Waals surface area contributed by atoms with Crippen molar-refractivity contribution in [3.8, 4) is 0 Å². The zero-order valence-electron chi connectivity index (χ0n) is 23.0. The van der Waals surface area contributed by atoms with Crippen LogP contribution in [0.4, 0.5) is 9.59 Å². The topological polar surface area (TPSA) is 113 Å². The molecule has 0 aliphatic carbocycles. The van der Waals surface area contributed by atoms with Crippen LogP contribution in [0.15, 0.2) is 78.9 Å². The van der Waals surface area contributed by atoms with Crippen LogP contribution in [-0.2, 0) is 22.5 Å². The molecule has 2 amide bonds. The number of ether oxygens (including phenoxy) is 2. The normalized spacial score (nSPS) is 12.9. The van der Waals surface area contributed by atoms with Crippen LogP contribution in [0.2, 0.25) is 0 Å². The lowest BCUT2D eigenvalue weighted by Crippen LogP contribution is -2.54. The predicted octanol–water partition coefficient (Wildman–Crippen LogP) is 5.05. The summed E-state index contributed by atoms with van der Waals surface area (Å²) in [6.07, 6.45) is -2.15. The largest absolute Gasteiger partial charge is 0.445 e. The van der Waals surface area contributed by atoms with Crippen molar-refractivity contribution >= 4 is 12.2 Å². The first-order chi connectivity index (χ1) is 18.6. The Kier molecular flexibility index (Phi) is 10.8. The Hall–Kier alpha value is -3.95. The van der Waals surface area contributed by atoms with Crippen LogP contribution in [0.25, 0.3) is 0 Å². The molecule has 3 aromatic rings. The molecule has 208 valence electrons. The van der Waals surface area contributed by atoms with Crippen LogP contribution in [0.3, 0.4) is 0 Å². The van der Waals surface area contributed by atoms with Gasteiger partial charge in [-0.3, -0.25) is 15.7 Å². The van der Waals surface area contributed by atoms with Gasteiger partial charge in [-0.05, 0) is 63.8 Å². The first kappa shape index (κ1) is 29.6. The molecule has 2 atom stereocenters. The Labute approximate surface area is 230 Å². The number of benzene rings is 2. The molecule has 1 unspecified atom stereocenters.